The Morgan fingerprint density at radius 1 is 1.67 bits per heavy atom. The maximum absolute atomic E-state index is 11.7. The Morgan fingerprint density at radius 3 is 2.87 bits per heavy atom. The molecule has 0 saturated heterocycles. The molecule has 1 amide bonds. The van der Waals surface area contributed by atoms with Gasteiger partial charge in [0, 0.05) is 19.2 Å². The highest BCUT2D eigenvalue weighted by molar-refractivity contribution is 5.72. The van der Waals surface area contributed by atoms with E-state index in [0.717, 1.165) is 4.57 Å². The first-order valence-electron chi connectivity index (χ1n) is 4.45. The van der Waals surface area contributed by atoms with Crippen LogP contribution in [0.1, 0.15) is 5.56 Å². The number of aromatic nitrogens is 1. The summed E-state index contributed by atoms with van der Waals surface area (Å²) in [6, 6.07) is 1.41. The summed E-state index contributed by atoms with van der Waals surface area (Å²) in [5.41, 5.74) is 5.52. The second kappa shape index (κ2) is 4.61. The van der Waals surface area contributed by atoms with Crippen LogP contribution in [-0.2, 0) is 11.3 Å². The summed E-state index contributed by atoms with van der Waals surface area (Å²) in [7, 11) is 0. The lowest BCUT2D eigenvalue weighted by molar-refractivity contribution is -0.105. The quantitative estimate of drug-likeness (QED) is 0.579. The molecule has 82 valence electrons. The maximum Gasteiger partial charge on any atom is 0.277 e. The van der Waals surface area contributed by atoms with E-state index in [4.69, 9.17) is 5.73 Å². The van der Waals surface area contributed by atoms with Crippen LogP contribution in [0, 0.1) is 6.92 Å². The number of hydrogen-bond donors (Lipinski definition) is 3. The number of nitrogens with two attached hydrogens (primary N) is 1. The number of hydrogen-bond acceptors (Lipinski definition) is 4. The number of pyridine rings is 1. The van der Waals surface area contributed by atoms with Crippen LogP contribution >= 0.6 is 0 Å². The molecule has 0 radical (unpaired) electrons. The minimum atomic E-state index is -0.454. The van der Waals surface area contributed by atoms with E-state index in [1.165, 1.54) is 6.07 Å². The molecule has 0 aromatic carbocycles. The van der Waals surface area contributed by atoms with Gasteiger partial charge in [-0.2, -0.15) is 0 Å². The highest BCUT2D eigenvalue weighted by Crippen LogP contribution is 2.15. The molecule has 6 heteroatoms. The standard InChI is InChI=1S/C9H13N3O3/c1-6-4-7(14)12(3-2-10)9(15)8(6)11-5-13/h4-5,14H,2-3,10H2,1H3,(H,11,13). The van der Waals surface area contributed by atoms with E-state index < -0.39 is 5.56 Å². The Bertz CT molecular complexity index is 425. The van der Waals surface area contributed by atoms with Gasteiger partial charge in [-0.05, 0) is 12.5 Å². The highest BCUT2D eigenvalue weighted by Gasteiger charge is 2.10. The van der Waals surface area contributed by atoms with Gasteiger partial charge in [0.2, 0.25) is 6.41 Å². The van der Waals surface area contributed by atoms with Gasteiger partial charge in [0.25, 0.3) is 5.56 Å². The molecule has 0 spiro atoms. The number of amides is 1. The van der Waals surface area contributed by atoms with Crippen LogP contribution in [-0.4, -0.2) is 22.6 Å². The summed E-state index contributed by atoms with van der Waals surface area (Å²) in [4.78, 5) is 22.0. The fourth-order valence-corrected chi connectivity index (χ4v) is 1.33. The van der Waals surface area contributed by atoms with Crippen LogP contribution in [0.15, 0.2) is 10.9 Å². The Morgan fingerprint density at radius 2 is 2.33 bits per heavy atom. The second-order valence-corrected chi connectivity index (χ2v) is 3.07. The number of anilines is 1. The number of rotatable bonds is 4. The van der Waals surface area contributed by atoms with E-state index >= 15 is 0 Å². The summed E-state index contributed by atoms with van der Waals surface area (Å²) in [6.45, 7) is 2.06. The first-order valence-corrected chi connectivity index (χ1v) is 4.45. The van der Waals surface area contributed by atoms with Crippen LogP contribution in [0.2, 0.25) is 0 Å². The molecule has 6 nitrogen and oxygen atoms in total. The van der Waals surface area contributed by atoms with Crippen molar-refractivity contribution in [3.8, 4) is 5.88 Å². The fraction of sp³-hybridized carbons (Fsp3) is 0.333. The van der Waals surface area contributed by atoms with Gasteiger partial charge in [-0.3, -0.25) is 14.2 Å². The van der Waals surface area contributed by atoms with E-state index in [0.29, 0.717) is 12.0 Å². The number of aromatic hydroxyl groups is 1. The third-order valence-corrected chi connectivity index (χ3v) is 2.03. The summed E-state index contributed by atoms with van der Waals surface area (Å²) >= 11 is 0. The zero-order valence-electron chi connectivity index (χ0n) is 8.36. The molecule has 1 rings (SSSR count). The Hall–Kier alpha value is -1.82. The van der Waals surface area contributed by atoms with Gasteiger partial charge >= 0.3 is 0 Å². The zero-order chi connectivity index (χ0) is 11.4. The predicted molar refractivity (Wildman–Crippen MR) is 55.8 cm³/mol. The molecule has 0 bridgehead atoms. The molecule has 1 heterocycles. The van der Waals surface area contributed by atoms with E-state index in [2.05, 4.69) is 5.32 Å². The summed E-state index contributed by atoms with van der Waals surface area (Å²) < 4.78 is 1.11. The lowest BCUT2D eigenvalue weighted by Gasteiger charge is -2.11. The average Bonchev–Trinajstić information content (AvgIpc) is 2.19. The lowest BCUT2D eigenvalue weighted by atomic mass is 10.2. The first kappa shape index (κ1) is 11.3. The van der Waals surface area contributed by atoms with E-state index in [9.17, 15) is 14.7 Å². The van der Waals surface area contributed by atoms with Gasteiger partial charge in [-0.15, -0.1) is 0 Å². The summed E-state index contributed by atoms with van der Waals surface area (Å²) in [5.74, 6) is -0.153. The Labute approximate surface area is 86.3 Å². The number of carbonyl (C=O) groups excluding carboxylic acids is 1. The molecule has 0 aliphatic rings. The van der Waals surface area contributed by atoms with Crippen molar-refractivity contribution in [2.75, 3.05) is 11.9 Å². The van der Waals surface area contributed by atoms with Crippen LogP contribution < -0.4 is 16.6 Å². The molecular formula is C9H13N3O3. The van der Waals surface area contributed by atoms with Gasteiger partial charge in [0.05, 0.1) is 0 Å². The molecule has 0 atom stereocenters. The smallest absolute Gasteiger partial charge is 0.277 e. The fourth-order valence-electron chi connectivity index (χ4n) is 1.33. The number of nitrogens with zero attached hydrogens (tertiary/aromatic N) is 1. The SMILES string of the molecule is Cc1cc(O)n(CCN)c(=O)c1NC=O. The monoisotopic (exact) mass is 211 g/mol. The Kier molecular flexibility index (Phi) is 3.46. The molecule has 0 saturated carbocycles. The lowest BCUT2D eigenvalue weighted by Crippen LogP contribution is -2.27. The van der Waals surface area contributed by atoms with Crippen LogP contribution in [0.25, 0.3) is 0 Å². The van der Waals surface area contributed by atoms with Crippen LogP contribution in [0.5, 0.6) is 5.88 Å². The van der Waals surface area contributed by atoms with Gasteiger partial charge in [-0.25, -0.2) is 0 Å². The molecule has 15 heavy (non-hydrogen) atoms. The van der Waals surface area contributed by atoms with Gasteiger partial charge in [0.1, 0.15) is 5.69 Å². The number of nitrogens with one attached hydrogen (secondary N) is 1. The minimum absolute atomic E-state index is 0.153. The van der Waals surface area contributed by atoms with Crippen molar-refractivity contribution in [3.63, 3.8) is 0 Å². The number of aryl methyl sites for hydroxylation is 1. The van der Waals surface area contributed by atoms with Crippen molar-refractivity contribution in [1.29, 1.82) is 0 Å². The largest absolute Gasteiger partial charge is 0.494 e. The summed E-state index contributed by atoms with van der Waals surface area (Å²) in [5, 5.41) is 11.8. The normalized spacial score (nSPS) is 10.0. The molecule has 0 unspecified atom stereocenters. The average molecular weight is 211 g/mol. The molecule has 0 aliphatic carbocycles. The molecular weight excluding hydrogens is 198 g/mol. The molecule has 1 aromatic rings. The van der Waals surface area contributed by atoms with Crippen molar-refractivity contribution in [1.82, 2.24) is 4.57 Å². The van der Waals surface area contributed by atoms with Crippen molar-refractivity contribution in [3.05, 3.63) is 22.0 Å². The number of carbonyl (C=O) groups is 1. The molecule has 4 N–H and O–H groups in total. The van der Waals surface area contributed by atoms with E-state index in [1.54, 1.807) is 6.92 Å². The molecule has 1 aromatic heterocycles. The first-order chi connectivity index (χ1) is 7.11. The van der Waals surface area contributed by atoms with Gasteiger partial charge in [-0.1, -0.05) is 0 Å². The van der Waals surface area contributed by atoms with Crippen molar-refractivity contribution in [2.24, 2.45) is 5.73 Å². The third-order valence-electron chi connectivity index (χ3n) is 2.03. The second-order valence-electron chi connectivity index (χ2n) is 3.07. The van der Waals surface area contributed by atoms with Crippen molar-refractivity contribution >= 4 is 12.1 Å². The zero-order valence-corrected chi connectivity index (χ0v) is 8.36. The van der Waals surface area contributed by atoms with Gasteiger partial charge in [0.15, 0.2) is 5.88 Å². The van der Waals surface area contributed by atoms with Crippen molar-refractivity contribution in [2.45, 2.75) is 13.5 Å². The van der Waals surface area contributed by atoms with Gasteiger partial charge < -0.3 is 16.2 Å². The van der Waals surface area contributed by atoms with Crippen molar-refractivity contribution < 1.29 is 9.90 Å². The maximum atomic E-state index is 11.7. The third kappa shape index (κ3) is 2.16. The highest BCUT2D eigenvalue weighted by atomic mass is 16.3. The van der Waals surface area contributed by atoms with Crippen LogP contribution in [0.3, 0.4) is 0 Å². The summed E-state index contributed by atoms with van der Waals surface area (Å²) in [6.07, 6.45) is 0.424. The topological polar surface area (TPSA) is 97.3 Å². The predicted octanol–water partition coefficient (Wildman–Crippen LogP) is -0.611. The minimum Gasteiger partial charge on any atom is -0.494 e. The van der Waals surface area contributed by atoms with Crippen LogP contribution in [0.4, 0.5) is 5.69 Å². The van der Waals surface area contributed by atoms with E-state index in [-0.39, 0.29) is 24.7 Å². The molecule has 0 aliphatic heterocycles. The van der Waals surface area contributed by atoms with E-state index in [1.807, 2.05) is 0 Å². The Balaban J connectivity index is 3.35. The molecule has 0 fully saturated rings.